The lowest BCUT2D eigenvalue weighted by Crippen LogP contribution is -2.10. The zero-order chi connectivity index (χ0) is 12.5. The van der Waals surface area contributed by atoms with Crippen molar-refractivity contribution in [1.29, 1.82) is 0 Å². The van der Waals surface area contributed by atoms with E-state index in [9.17, 15) is 0 Å². The Kier molecular flexibility index (Phi) is 2.82. The summed E-state index contributed by atoms with van der Waals surface area (Å²) in [4.78, 5) is 4.57. The van der Waals surface area contributed by atoms with Crippen molar-refractivity contribution < 1.29 is 0 Å². The molecular weight excluding hydrogens is 222 g/mol. The summed E-state index contributed by atoms with van der Waals surface area (Å²) in [7, 11) is 0. The van der Waals surface area contributed by atoms with Crippen LogP contribution in [0.5, 0.6) is 0 Å². The van der Waals surface area contributed by atoms with E-state index in [4.69, 9.17) is 0 Å². The van der Waals surface area contributed by atoms with Gasteiger partial charge in [0.15, 0.2) is 0 Å². The largest absolute Gasteiger partial charge is 0.353 e. The smallest absolute Gasteiger partial charge is 0.203 e. The molecule has 1 aliphatic carbocycles. The maximum Gasteiger partial charge on any atom is 0.203 e. The SMILES string of the molecule is Cc1cn(Cc2ccccc2C)c(NC2CC2)n1. The van der Waals surface area contributed by atoms with Crippen LogP contribution in [0.2, 0.25) is 0 Å². The van der Waals surface area contributed by atoms with Crippen LogP contribution in [0.3, 0.4) is 0 Å². The summed E-state index contributed by atoms with van der Waals surface area (Å²) in [6, 6.07) is 9.17. The van der Waals surface area contributed by atoms with E-state index in [-0.39, 0.29) is 0 Å². The second-order valence-electron chi connectivity index (χ2n) is 5.18. The quantitative estimate of drug-likeness (QED) is 0.891. The molecule has 18 heavy (non-hydrogen) atoms. The summed E-state index contributed by atoms with van der Waals surface area (Å²) >= 11 is 0. The van der Waals surface area contributed by atoms with Crippen LogP contribution in [0.25, 0.3) is 0 Å². The van der Waals surface area contributed by atoms with Gasteiger partial charge in [-0.15, -0.1) is 0 Å². The number of hydrogen-bond acceptors (Lipinski definition) is 2. The van der Waals surface area contributed by atoms with Crippen molar-refractivity contribution in [2.24, 2.45) is 0 Å². The zero-order valence-electron chi connectivity index (χ0n) is 11.0. The Balaban J connectivity index is 1.85. The number of hydrogen-bond donors (Lipinski definition) is 1. The number of anilines is 1. The van der Waals surface area contributed by atoms with Gasteiger partial charge in [-0.3, -0.25) is 0 Å². The van der Waals surface area contributed by atoms with Crippen LogP contribution in [0, 0.1) is 13.8 Å². The molecule has 1 aromatic heterocycles. The van der Waals surface area contributed by atoms with Gasteiger partial charge in [-0.2, -0.15) is 0 Å². The first kappa shape index (κ1) is 11.3. The minimum Gasteiger partial charge on any atom is -0.353 e. The van der Waals surface area contributed by atoms with Crippen LogP contribution in [0.15, 0.2) is 30.5 Å². The summed E-state index contributed by atoms with van der Waals surface area (Å²) in [5.41, 5.74) is 3.77. The molecule has 1 heterocycles. The normalized spacial score (nSPS) is 14.8. The lowest BCUT2D eigenvalue weighted by atomic mass is 10.1. The summed E-state index contributed by atoms with van der Waals surface area (Å²) < 4.78 is 2.22. The van der Waals surface area contributed by atoms with E-state index in [1.54, 1.807) is 0 Å². The van der Waals surface area contributed by atoms with Gasteiger partial charge >= 0.3 is 0 Å². The maximum absolute atomic E-state index is 4.57. The Morgan fingerprint density at radius 3 is 2.78 bits per heavy atom. The molecule has 3 rings (SSSR count). The number of rotatable bonds is 4. The highest BCUT2D eigenvalue weighted by Gasteiger charge is 2.23. The number of imidazole rings is 1. The van der Waals surface area contributed by atoms with Crippen molar-refractivity contribution in [3.8, 4) is 0 Å². The summed E-state index contributed by atoms with van der Waals surface area (Å²) in [6.07, 6.45) is 4.67. The highest BCUT2D eigenvalue weighted by Crippen LogP contribution is 2.25. The molecule has 1 fully saturated rings. The number of aryl methyl sites for hydroxylation is 2. The molecule has 0 saturated heterocycles. The molecule has 1 aromatic carbocycles. The molecule has 1 aliphatic rings. The van der Waals surface area contributed by atoms with Crippen LogP contribution in [-0.2, 0) is 6.54 Å². The summed E-state index contributed by atoms with van der Waals surface area (Å²) in [5, 5.41) is 3.50. The average Bonchev–Trinajstić information content (AvgIpc) is 3.07. The Morgan fingerprint density at radius 2 is 2.06 bits per heavy atom. The van der Waals surface area contributed by atoms with Crippen LogP contribution < -0.4 is 5.32 Å². The number of nitrogens with one attached hydrogen (secondary N) is 1. The van der Waals surface area contributed by atoms with Gasteiger partial charge in [0, 0.05) is 12.2 Å². The third-order valence-corrected chi connectivity index (χ3v) is 3.41. The first-order chi connectivity index (χ1) is 8.72. The highest BCUT2D eigenvalue weighted by molar-refractivity contribution is 5.34. The van der Waals surface area contributed by atoms with Crippen LogP contribution in [0.1, 0.15) is 29.7 Å². The van der Waals surface area contributed by atoms with Crippen molar-refractivity contribution in [1.82, 2.24) is 9.55 Å². The van der Waals surface area contributed by atoms with Gasteiger partial charge < -0.3 is 9.88 Å². The number of nitrogens with zero attached hydrogens (tertiary/aromatic N) is 2. The van der Waals surface area contributed by atoms with Gasteiger partial charge in [-0.05, 0) is 37.8 Å². The fourth-order valence-corrected chi connectivity index (χ4v) is 2.16. The van der Waals surface area contributed by atoms with E-state index >= 15 is 0 Å². The number of benzene rings is 1. The lowest BCUT2D eigenvalue weighted by molar-refractivity contribution is 0.791. The Labute approximate surface area is 108 Å². The van der Waals surface area contributed by atoms with Crippen molar-refractivity contribution >= 4 is 5.95 Å². The van der Waals surface area contributed by atoms with Gasteiger partial charge in [0.25, 0.3) is 0 Å². The maximum atomic E-state index is 4.57. The summed E-state index contributed by atoms with van der Waals surface area (Å²) in [6.45, 7) is 5.10. The van der Waals surface area contributed by atoms with Crippen LogP contribution >= 0.6 is 0 Å². The molecule has 0 unspecified atom stereocenters. The Hall–Kier alpha value is -1.77. The van der Waals surface area contributed by atoms with E-state index in [2.05, 4.69) is 52.3 Å². The van der Waals surface area contributed by atoms with Gasteiger partial charge in [0.1, 0.15) is 0 Å². The number of aromatic nitrogens is 2. The molecule has 0 spiro atoms. The van der Waals surface area contributed by atoms with Gasteiger partial charge in [0.05, 0.1) is 12.2 Å². The predicted octanol–water partition coefficient (Wildman–Crippen LogP) is 3.12. The van der Waals surface area contributed by atoms with Crippen molar-refractivity contribution in [3.63, 3.8) is 0 Å². The zero-order valence-corrected chi connectivity index (χ0v) is 11.0. The van der Waals surface area contributed by atoms with Gasteiger partial charge in [0.2, 0.25) is 5.95 Å². The van der Waals surface area contributed by atoms with Crippen molar-refractivity contribution in [2.75, 3.05) is 5.32 Å². The van der Waals surface area contributed by atoms with Crippen LogP contribution in [-0.4, -0.2) is 15.6 Å². The predicted molar refractivity (Wildman–Crippen MR) is 73.9 cm³/mol. The third-order valence-electron chi connectivity index (χ3n) is 3.41. The molecule has 3 heteroatoms. The molecule has 0 radical (unpaired) electrons. The van der Waals surface area contributed by atoms with E-state index in [0.717, 1.165) is 18.2 Å². The monoisotopic (exact) mass is 241 g/mol. The Morgan fingerprint density at radius 1 is 1.28 bits per heavy atom. The molecule has 1 saturated carbocycles. The molecule has 0 bridgehead atoms. The van der Waals surface area contributed by atoms with E-state index in [0.29, 0.717) is 6.04 Å². The lowest BCUT2D eigenvalue weighted by Gasteiger charge is -2.10. The Bertz CT molecular complexity index is 553. The van der Waals surface area contributed by atoms with Crippen molar-refractivity contribution in [3.05, 3.63) is 47.3 Å². The van der Waals surface area contributed by atoms with Crippen molar-refractivity contribution in [2.45, 2.75) is 39.3 Å². The molecular formula is C15H19N3. The highest BCUT2D eigenvalue weighted by atomic mass is 15.2. The molecule has 3 nitrogen and oxygen atoms in total. The topological polar surface area (TPSA) is 29.9 Å². The second kappa shape index (κ2) is 4.48. The average molecular weight is 241 g/mol. The molecule has 0 aliphatic heterocycles. The third kappa shape index (κ3) is 2.40. The summed E-state index contributed by atoms with van der Waals surface area (Å²) in [5.74, 6) is 1.01. The van der Waals surface area contributed by atoms with Gasteiger partial charge in [-0.1, -0.05) is 24.3 Å². The molecule has 1 N–H and O–H groups in total. The second-order valence-corrected chi connectivity index (χ2v) is 5.18. The molecule has 94 valence electrons. The van der Waals surface area contributed by atoms with E-state index in [1.807, 2.05) is 6.92 Å². The molecule has 2 aromatic rings. The fraction of sp³-hybridized carbons (Fsp3) is 0.400. The molecule has 0 amide bonds. The molecule has 0 atom stereocenters. The van der Waals surface area contributed by atoms with E-state index < -0.39 is 0 Å². The standard InChI is InChI=1S/C15H19N3/c1-11-5-3-4-6-13(11)10-18-9-12(2)16-15(18)17-14-7-8-14/h3-6,9,14H,7-8,10H2,1-2H3,(H,16,17). The first-order valence-electron chi connectivity index (χ1n) is 6.57. The minimum atomic E-state index is 0.641. The van der Waals surface area contributed by atoms with Gasteiger partial charge in [-0.25, -0.2) is 4.98 Å². The minimum absolute atomic E-state index is 0.641. The first-order valence-corrected chi connectivity index (χ1v) is 6.57. The fourth-order valence-electron chi connectivity index (χ4n) is 2.16. The van der Waals surface area contributed by atoms with Crippen LogP contribution in [0.4, 0.5) is 5.95 Å². The van der Waals surface area contributed by atoms with E-state index in [1.165, 1.54) is 24.0 Å².